The molecule has 0 saturated carbocycles. The van der Waals surface area contributed by atoms with Crippen molar-refractivity contribution in [3.05, 3.63) is 72.4 Å². The summed E-state index contributed by atoms with van der Waals surface area (Å²) in [6.45, 7) is 2.83. The molecule has 4 nitrogen and oxygen atoms in total. The molecule has 1 aliphatic rings. The maximum Gasteiger partial charge on any atom is 0.254 e. The molecule has 0 unspecified atom stereocenters. The maximum atomic E-state index is 13.1. The summed E-state index contributed by atoms with van der Waals surface area (Å²) in [5, 5.41) is 1.01. The predicted molar refractivity (Wildman–Crippen MR) is 113 cm³/mol. The summed E-state index contributed by atoms with van der Waals surface area (Å²) in [4.78, 5) is 19.6. The lowest BCUT2D eigenvalue weighted by molar-refractivity contribution is 0.0744. The molecular weight excluding hydrogens is 348 g/mol. The Morgan fingerprint density at radius 1 is 1.21 bits per heavy atom. The van der Waals surface area contributed by atoms with Gasteiger partial charge in [-0.05, 0) is 47.9 Å². The van der Waals surface area contributed by atoms with Crippen molar-refractivity contribution in [1.82, 2.24) is 9.88 Å². The topological polar surface area (TPSA) is 42.4 Å². The van der Waals surface area contributed by atoms with Crippen LogP contribution in [0.3, 0.4) is 0 Å². The van der Waals surface area contributed by atoms with Crippen molar-refractivity contribution in [3.63, 3.8) is 0 Å². The first-order chi connectivity index (χ1) is 13.7. The quantitative estimate of drug-likeness (QED) is 0.586. The van der Waals surface area contributed by atoms with Gasteiger partial charge in [-0.1, -0.05) is 43.7 Å². The van der Waals surface area contributed by atoms with Crippen molar-refractivity contribution in [2.24, 2.45) is 0 Å². The zero-order valence-corrected chi connectivity index (χ0v) is 16.3. The second-order valence-corrected chi connectivity index (χ2v) is 7.04. The molecule has 142 valence electrons. The predicted octanol–water partition coefficient (Wildman–Crippen LogP) is 5.09. The Hall–Kier alpha value is -3.14. The fraction of sp³-hybridized carbons (Fsp3) is 0.250. The van der Waals surface area contributed by atoms with E-state index in [-0.39, 0.29) is 11.9 Å². The van der Waals surface area contributed by atoms with E-state index in [9.17, 15) is 4.79 Å². The molecule has 2 heterocycles. The van der Waals surface area contributed by atoms with E-state index in [2.05, 4.69) is 24.1 Å². The number of fused-ring (bicyclic) bond motifs is 1. The van der Waals surface area contributed by atoms with Crippen LogP contribution in [0.25, 0.3) is 22.0 Å². The van der Waals surface area contributed by atoms with Crippen LogP contribution < -0.4 is 4.74 Å². The lowest BCUT2D eigenvalue weighted by Gasteiger charge is -2.24. The van der Waals surface area contributed by atoms with Gasteiger partial charge >= 0.3 is 0 Å². The van der Waals surface area contributed by atoms with Crippen molar-refractivity contribution in [2.75, 3.05) is 13.7 Å². The SMILES string of the molecule is CCC[C@@H]1C=CCN1C(=O)c1cccc(-c2ccc(OC)c3ncccc23)c1. The molecule has 0 fully saturated rings. The minimum Gasteiger partial charge on any atom is -0.494 e. The van der Waals surface area contributed by atoms with Crippen LogP contribution in [0.5, 0.6) is 5.75 Å². The molecule has 1 aromatic heterocycles. The molecule has 2 aromatic carbocycles. The van der Waals surface area contributed by atoms with E-state index in [1.807, 2.05) is 53.4 Å². The Balaban J connectivity index is 1.72. The first kappa shape index (κ1) is 18.2. The Morgan fingerprint density at radius 3 is 2.93 bits per heavy atom. The van der Waals surface area contributed by atoms with Gasteiger partial charge in [0.05, 0.1) is 13.2 Å². The van der Waals surface area contributed by atoms with Gasteiger partial charge in [-0.2, -0.15) is 0 Å². The Bertz CT molecular complexity index is 1040. The Labute approximate surface area is 165 Å². The van der Waals surface area contributed by atoms with Crippen LogP contribution in [0.1, 0.15) is 30.1 Å². The van der Waals surface area contributed by atoms with Crippen LogP contribution >= 0.6 is 0 Å². The van der Waals surface area contributed by atoms with E-state index < -0.39 is 0 Å². The fourth-order valence-electron chi connectivity index (χ4n) is 3.90. The summed E-state index contributed by atoms with van der Waals surface area (Å²) in [5.41, 5.74) is 3.59. The van der Waals surface area contributed by atoms with Gasteiger partial charge < -0.3 is 9.64 Å². The van der Waals surface area contributed by atoms with Crippen LogP contribution in [0.4, 0.5) is 0 Å². The lowest BCUT2D eigenvalue weighted by Crippen LogP contribution is -2.36. The first-order valence-electron chi connectivity index (χ1n) is 9.72. The van der Waals surface area contributed by atoms with Crippen molar-refractivity contribution in [3.8, 4) is 16.9 Å². The van der Waals surface area contributed by atoms with Crippen molar-refractivity contribution in [2.45, 2.75) is 25.8 Å². The highest BCUT2D eigenvalue weighted by molar-refractivity contribution is 6.00. The molecule has 4 rings (SSSR count). The van der Waals surface area contributed by atoms with Crippen LogP contribution in [-0.2, 0) is 0 Å². The molecule has 0 radical (unpaired) electrons. The molecule has 1 amide bonds. The second kappa shape index (κ2) is 7.85. The van der Waals surface area contributed by atoms with Crippen LogP contribution in [-0.4, -0.2) is 35.5 Å². The number of nitrogens with zero attached hydrogens (tertiary/aromatic N) is 2. The minimum absolute atomic E-state index is 0.0845. The zero-order valence-electron chi connectivity index (χ0n) is 16.3. The molecule has 0 spiro atoms. The summed E-state index contributed by atoms with van der Waals surface area (Å²) < 4.78 is 5.45. The smallest absolute Gasteiger partial charge is 0.254 e. The van der Waals surface area contributed by atoms with Crippen molar-refractivity contribution >= 4 is 16.8 Å². The van der Waals surface area contributed by atoms with Gasteiger partial charge in [-0.3, -0.25) is 9.78 Å². The molecule has 0 aliphatic carbocycles. The number of pyridine rings is 1. The molecular formula is C24H24N2O2. The maximum absolute atomic E-state index is 13.1. The Kier molecular flexibility index (Phi) is 5.11. The summed E-state index contributed by atoms with van der Waals surface area (Å²) in [6.07, 6.45) is 8.06. The number of aromatic nitrogens is 1. The number of ether oxygens (including phenoxy) is 1. The highest BCUT2D eigenvalue weighted by atomic mass is 16.5. The summed E-state index contributed by atoms with van der Waals surface area (Å²) in [5.74, 6) is 0.832. The number of rotatable bonds is 5. The normalized spacial score (nSPS) is 15.9. The molecule has 1 atom stereocenters. The van der Waals surface area contributed by atoms with Gasteiger partial charge in [-0.15, -0.1) is 0 Å². The number of hydrogen-bond acceptors (Lipinski definition) is 3. The average molecular weight is 372 g/mol. The molecule has 28 heavy (non-hydrogen) atoms. The number of methoxy groups -OCH3 is 1. The van der Waals surface area contributed by atoms with Crippen molar-refractivity contribution < 1.29 is 9.53 Å². The van der Waals surface area contributed by atoms with E-state index in [1.165, 1.54) is 0 Å². The average Bonchev–Trinajstić information content (AvgIpc) is 3.21. The number of hydrogen-bond donors (Lipinski definition) is 0. The van der Waals surface area contributed by atoms with Gasteiger partial charge in [-0.25, -0.2) is 0 Å². The highest BCUT2D eigenvalue weighted by Crippen LogP contribution is 2.33. The van der Waals surface area contributed by atoms with E-state index >= 15 is 0 Å². The molecule has 3 aromatic rings. The standard InChI is InChI=1S/C24H24N2O2/c1-3-7-19-10-6-15-26(19)24(27)18-9-4-8-17(16-18)20-12-13-22(28-2)23-21(20)11-5-14-25-23/h4-6,8-14,16,19H,3,7,15H2,1-2H3/t19-/m1/s1. The fourth-order valence-corrected chi connectivity index (χ4v) is 3.90. The lowest BCUT2D eigenvalue weighted by atomic mass is 9.98. The van der Waals surface area contributed by atoms with Crippen LogP contribution in [0.15, 0.2) is 66.9 Å². The number of amides is 1. The van der Waals surface area contributed by atoms with Crippen molar-refractivity contribution in [1.29, 1.82) is 0 Å². The third-order valence-electron chi connectivity index (χ3n) is 5.28. The zero-order chi connectivity index (χ0) is 19.5. The van der Waals surface area contributed by atoms with Crippen LogP contribution in [0.2, 0.25) is 0 Å². The monoisotopic (exact) mass is 372 g/mol. The first-order valence-corrected chi connectivity index (χ1v) is 9.72. The van der Waals surface area contributed by atoms with Gasteiger partial charge in [0.1, 0.15) is 11.3 Å². The Morgan fingerprint density at radius 2 is 2.11 bits per heavy atom. The van der Waals surface area contributed by atoms with Gasteiger partial charge in [0.15, 0.2) is 0 Å². The van der Waals surface area contributed by atoms with E-state index in [1.54, 1.807) is 13.3 Å². The third-order valence-corrected chi connectivity index (χ3v) is 5.28. The second-order valence-electron chi connectivity index (χ2n) is 7.04. The summed E-state index contributed by atoms with van der Waals surface area (Å²) >= 11 is 0. The number of carbonyl (C=O) groups excluding carboxylic acids is 1. The number of benzene rings is 2. The summed E-state index contributed by atoms with van der Waals surface area (Å²) in [6, 6.07) is 16.0. The van der Waals surface area contributed by atoms with E-state index in [4.69, 9.17) is 4.74 Å². The molecule has 0 N–H and O–H groups in total. The third kappa shape index (κ3) is 3.26. The van der Waals surface area contributed by atoms with E-state index in [0.29, 0.717) is 6.54 Å². The van der Waals surface area contributed by atoms with Gasteiger partial charge in [0, 0.05) is 23.7 Å². The molecule has 1 aliphatic heterocycles. The molecule has 0 saturated heterocycles. The molecule has 0 bridgehead atoms. The van der Waals surface area contributed by atoms with Crippen LogP contribution in [0, 0.1) is 0 Å². The van der Waals surface area contributed by atoms with Gasteiger partial charge in [0.25, 0.3) is 5.91 Å². The van der Waals surface area contributed by atoms with E-state index in [0.717, 1.165) is 46.2 Å². The van der Waals surface area contributed by atoms with Gasteiger partial charge in [0.2, 0.25) is 0 Å². The molecule has 4 heteroatoms. The number of carbonyl (C=O) groups is 1. The highest BCUT2D eigenvalue weighted by Gasteiger charge is 2.25. The summed E-state index contributed by atoms with van der Waals surface area (Å²) in [7, 11) is 1.65. The minimum atomic E-state index is 0.0845. The largest absolute Gasteiger partial charge is 0.494 e.